The monoisotopic (exact) mass is 488 g/mol. The topological polar surface area (TPSA) is 66.0 Å². The van der Waals surface area contributed by atoms with E-state index in [0.717, 1.165) is 24.7 Å². The Labute approximate surface area is 180 Å². The molecule has 0 saturated carbocycles. The molecule has 0 radical (unpaired) electrons. The van der Waals surface area contributed by atoms with Gasteiger partial charge in [-0.05, 0) is 30.9 Å². The molecule has 2 rings (SSSR count). The molecular formula is C20H33IN4O2. The van der Waals surface area contributed by atoms with E-state index in [0.29, 0.717) is 32.0 Å². The van der Waals surface area contributed by atoms with Crippen molar-refractivity contribution >= 4 is 35.8 Å². The first-order chi connectivity index (χ1) is 12.5. The van der Waals surface area contributed by atoms with Gasteiger partial charge in [0.15, 0.2) is 5.96 Å². The first kappa shape index (κ1) is 23.5. The number of rotatable bonds is 7. The molecule has 1 heterocycles. The molecule has 1 aliphatic rings. The van der Waals surface area contributed by atoms with Gasteiger partial charge in [-0.3, -0.25) is 4.79 Å². The van der Waals surface area contributed by atoms with Gasteiger partial charge in [0.05, 0.1) is 6.54 Å². The number of hydrogen-bond donors (Lipinski definition) is 2. The zero-order valence-corrected chi connectivity index (χ0v) is 19.2. The second-order valence-corrected chi connectivity index (χ2v) is 6.96. The van der Waals surface area contributed by atoms with Gasteiger partial charge in [-0.15, -0.1) is 24.0 Å². The zero-order valence-electron chi connectivity index (χ0n) is 16.8. The first-order valence-corrected chi connectivity index (χ1v) is 9.51. The number of amides is 1. The number of nitrogens with one attached hydrogen (secondary N) is 2. The lowest BCUT2D eigenvalue weighted by Gasteiger charge is -2.31. The minimum atomic E-state index is 0. The maximum atomic E-state index is 11.6. The van der Waals surface area contributed by atoms with Crippen LogP contribution in [0.2, 0.25) is 0 Å². The molecule has 152 valence electrons. The van der Waals surface area contributed by atoms with E-state index in [9.17, 15) is 4.79 Å². The third-order valence-corrected chi connectivity index (χ3v) is 4.47. The van der Waals surface area contributed by atoms with Crippen molar-refractivity contribution in [3.05, 3.63) is 29.8 Å². The van der Waals surface area contributed by atoms with Crippen molar-refractivity contribution in [1.29, 1.82) is 0 Å². The molecule has 1 atom stereocenters. The summed E-state index contributed by atoms with van der Waals surface area (Å²) in [4.78, 5) is 18.0. The third-order valence-electron chi connectivity index (χ3n) is 4.47. The van der Waals surface area contributed by atoms with Crippen molar-refractivity contribution in [3.8, 4) is 5.75 Å². The number of halogens is 1. The van der Waals surface area contributed by atoms with Crippen LogP contribution in [0, 0.1) is 0 Å². The second-order valence-electron chi connectivity index (χ2n) is 6.96. The number of benzene rings is 1. The van der Waals surface area contributed by atoms with Crippen LogP contribution in [-0.2, 0) is 4.79 Å². The predicted octanol–water partition coefficient (Wildman–Crippen LogP) is 2.98. The van der Waals surface area contributed by atoms with Gasteiger partial charge < -0.3 is 20.3 Å². The summed E-state index contributed by atoms with van der Waals surface area (Å²) < 4.78 is 5.93. The van der Waals surface area contributed by atoms with Gasteiger partial charge in [0.1, 0.15) is 12.4 Å². The van der Waals surface area contributed by atoms with Crippen LogP contribution in [0.25, 0.3) is 0 Å². The summed E-state index contributed by atoms with van der Waals surface area (Å²) in [6, 6.07) is 8.39. The second kappa shape index (κ2) is 12.0. The average molecular weight is 488 g/mol. The first-order valence-electron chi connectivity index (χ1n) is 9.51. The number of aliphatic imine (C=N–C) groups is 1. The molecule has 1 aromatic rings. The van der Waals surface area contributed by atoms with Crippen LogP contribution in [0.5, 0.6) is 5.75 Å². The molecule has 6 nitrogen and oxygen atoms in total. The summed E-state index contributed by atoms with van der Waals surface area (Å²) in [5.74, 6) is 2.35. The summed E-state index contributed by atoms with van der Waals surface area (Å²) in [6.45, 7) is 8.99. The zero-order chi connectivity index (χ0) is 18.9. The minimum Gasteiger partial charge on any atom is -0.491 e. The Kier molecular flexibility index (Phi) is 10.5. The molecule has 1 aromatic carbocycles. The van der Waals surface area contributed by atoms with E-state index in [1.54, 1.807) is 4.90 Å². The molecule has 1 saturated heterocycles. The highest BCUT2D eigenvalue weighted by Gasteiger charge is 2.23. The Hall–Kier alpha value is -1.51. The van der Waals surface area contributed by atoms with E-state index in [-0.39, 0.29) is 35.9 Å². The Morgan fingerprint density at radius 1 is 1.37 bits per heavy atom. The Morgan fingerprint density at radius 3 is 2.78 bits per heavy atom. The summed E-state index contributed by atoms with van der Waals surface area (Å²) in [7, 11) is 1.85. The van der Waals surface area contributed by atoms with Crippen molar-refractivity contribution in [1.82, 2.24) is 15.5 Å². The van der Waals surface area contributed by atoms with E-state index in [1.165, 1.54) is 5.56 Å². The molecule has 27 heavy (non-hydrogen) atoms. The maximum absolute atomic E-state index is 11.6. The molecule has 1 unspecified atom stereocenters. The molecule has 0 aromatic heterocycles. The number of para-hydroxylation sites is 1. The summed E-state index contributed by atoms with van der Waals surface area (Å²) in [5, 5.41) is 6.69. The Balaban J connectivity index is 0.00000364. The highest BCUT2D eigenvalue weighted by molar-refractivity contribution is 14.0. The van der Waals surface area contributed by atoms with Crippen molar-refractivity contribution < 1.29 is 9.53 Å². The van der Waals surface area contributed by atoms with Crippen LogP contribution in [0.3, 0.4) is 0 Å². The number of ether oxygens (including phenoxy) is 1. The van der Waals surface area contributed by atoms with Gasteiger partial charge in [-0.25, -0.2) is 4.99 Å². The lowest BCUT2D eigenvalue weighted by molar-refractivity contribution is -0.132. The molecule has 1 amide bonds. The van der Waals surface area contributed by atoms with Crippen molar-refractivity contribution in [2.75, 3.05) is 33.3 Å². The Morgan fingerprint density at radius 2 is 2.11 bits per heavy atom. The number of hydrogen-bond acceptors (Lipinski definition) is 3. The smallest absolute Gasteiger partial charge is 0.222 e. The lowest BCUT2D eigenvalue weighted by atomic mass is 10.0. The summed E-state index contributed by atoms with van der Waals surface area (Å²) in [6.07, 6.45) is 1.43. The van der Waals surface area contributed by atoms with Crippen molar-refractivity contribution in [2.24, 2.45) is 4.99 Å². The van der Waals surface area contributed by atoms with Gasteiger partial charge in [0, 0.05) is 32.6 Å². The largest absolute Gasteiger partial charge is 0.491 e. The normalized spacial score (nSPS) is 17.5. The number of carbonyl (C=O) groups excluding carboxylic acids is 1. The van der Waals surface area contributed by atoms with Gasteiger partial charge in [-0.1, -0.05) is 32.0 Å². The number of guanidine groups is 1. The molecular weight excluding hydrogens is 455 g/mol. The number of piperidine rings is 1. The van der Waals surface area contributed by atoms with Crippen molar-refractivity contribution in [2.45, 2.75) is 45.6 Å². The third kappa shape index (κ3) is 7.56. The average Bonchev–Trinajstić information content (AvgIpc) is 2.62. The fraction of sp³-hybridized carbons (Fsp3) is 0.600. The van der Waals surface area contributed by atoms with Crippen LogP contribution in [0.15, 0.2) is 29.3 Å². The maximum Gasteiger partial charge on any atom is 0.222 e. The van der Waals surface area contributed by atoms with Crippen LogP contribution in [0.4, 0.5) is 0 Å². The fourth-order valence-electron chi connectivity index (χ4n) is 3.05. The molecule has 0 aliphatic carbocycles. The summed E-state index contributed by atoms with van der Waals surface area (Å²) in [5.41, 5.74) is 1.22. The highest BCUT2D eigenvalue weighted by atomic mass is 127. The van der Waals surface area contributed by atoms with Gasteiger partial charge in [0.2, 0.25) is 5.91 Å². The van der Waals surface area contributed by atoms with Crippen molar-refractivity contribution in [3.63, 3.8) is 0 Å². The van der Waals surface area contributed by atoms with Crippen LogP contribution >= 0.6 is 24.0 Å². The summed E-state index contributed by atoms with van der Waals surface area (Å²) >= 11 is 0. The lowest BCUT2D eigenvalue weighted by Crippen LogP contribution is -2.51. The molecule has 1 aliphatic heterocycles. The van der Waals surface area contributed by atoms with Crippen LogP contribution in [0.1, 0.15) is 45.1 Å². The van der Waals surface area contributed by atoms with E-state index in [1.807, 2.05) is 32.2 Å². The highest BCUT2D eigenvalue weighted by Crippen LogP contribution is 2.25. The van der Waals surface area contributed by atoms with Gasteiger partial charge >= 0.3 is 0 Å². The standard InChI is InChI=1S/C20H32N4O2.HI/c1-5-21-20(23-16-10-11-19(25)24(4)14-16)22-12-13-26-18-9-7-6-8-17(18)15(2)3;/h6-9,15-16H,5,10-14H2,1-4H3,(H2,21,22,23);1H. The molecule has 7 heteroatoms. The Bertz CT molecular complexity index is 622. The molecule has 2 N–H and O–H groups in total. The van der Waals surface area contributed by atoms with E-state index in [4.69, 9.17) is 4.74 Å². The van der Waals surface area contributed by atoms with Crippen LogP contribution < -0.4 is 15.4 Å². The number of likely N-dealkylation sites (N-methyl/N-ethyl adjacent to an activating group) is 1. The fourth-order valence-corrected chi connectivity index (χ4v) is 3.05. The quantitative estimate of drug-likeness (QED) is 0.268. The minimum absolute atomic E-state index is 0. The molecule has 0 spiro atoms. The van der Waals surface area contributed by atoms with Gasteiger partial charge in [-0.2, -0.15) is 0 Å². The number of likely N-dealkylation sites (tertiary alicyclic amines) is 1. The number of carbonyl (C=O) groups is 1. The molecule has 1 fully saturated rings. The predicted molar refractivity (Wildman–Crippen MR) is 121 cm³/mol. The van der Waals surface area contributed by atoms with Crippen LogP contribution in [-0.4, -0.2) is 56.1 Å². The van der Waals surface area contributed by atoms with E-state index in [2.05, 4.69) is 35.5 Å². The SMILES string of the molecule is CCNC(=NCCOc1ccccc1C(C)C)NC1CCC(=O)N(C)C1.I. The molecule has 0 bridgehead atoms. The number of nitrogens with zero attached hydrogens (tertiary/aromatic N) is 2. The van der Waals surface area contributed by atoms with E-state index < -0.39 is 0 Å². The van der Waals surface area contributed by atoms with Gasteiger partial charge in [0.25, 0.3) is 0 Å². The van der Waals surface area contributed by atoms with E-state index >= 15 is 0 Å².